The normalized spacial score (nSPS) is 10.6. The molecular formula is C15H21N3O4. The Balaban J connectivity index is 2.58. The molecule has 0 atom stereocenters. The Morgan fingerprint density at radius 3 is 2.45 bits per heavy atom. The molecule has 0 heterocycles. The molecule has 120 valence electrons. The molecule has 0 aliphatic rings. The fraction of sp³-hybridized carbons (Fsp3) is 0.400. The van der Waals surface area contributed by atoms with E-state index in [-0.39, 0.29) is 5.92 Å². The smallest absolute Gasteiger partial charge is 0.329 e. The van der Waals surface area contributed by atoms with Gasteiger partial charge in [0.15, 0.2) is 11.5 Å². The van der Waals surface area contributed by atoms with Crippen LogP contribution in [-0.2, 0) is 9.59 Å². The van der Waals surface area contributed by atoms with Crippen molar-refractivity contribution in [2.24, 2.45) is 11.0 Å². The third-order valence-corrected chi connectivity index (χ3v) is 2.66. The van der Waals surface area contributed by atoms with Crippen LogP contribution in [0.15, 0.2) is 23.3 Å². The fourth-order valence-corrected chi connectivity index (χ4v) is 1.53. The molecule has 7 nitrogen and oxygen atoms in total. The second kappa shape index (κ2) is 8.66. The van der Waals surface area contributed by atoms with E-state index in [2.05, 4.69) is 15.8 Å². The molecule has 0 radical (unpaired) electrons. The number of hydrogen-bond donors (Lipinski definition) is 2. The molecule has 0 fully saturated rings. The van der Waals surface area contributed by atoms with Gasteiger partial charge in [-0.05, 0) is 29.7 Å². The van der Waals surface area contributed by atoms with Crippen LogP contribution in [0.4, 0.5) is 0 Å². The molecule has 0 aliphatic carbocycles. The van der Waals surface area contributed by atoms with Crippen LogP contribution in [0.1, 0.15) is 19.4 Å². The van der Waals surface area contributed by atoms with Crippen molar-refractivity contribution in [3.63, 3.8) is 0 Å². The summed E-state index contributed by atoms with van der Waals surface area (Å²) in [6, 6.07) is 5.17. The third kappa shape index (κ3) is 5.43. The zero-order valence-corrected chi connectivity index (χ0v) is 13.2. The second-order valence-corrected chi connectivity index (χ2v) is 4.92. The first kappa shape index (κ1) is 17.5. The van der Waals surface area contributed by atoms with Gasteiger partial charge >= 0.3 is 11.8 Å². The Labute approximate surface area is 129 Å². The summed E-state index contributed by atoms with van der Waals surface area (Å²) in [4.78, 5) is 22.9. The number of hydrogen-bond acceptors (Lipinski definition) is 5. The van der Waals surface area contributed by atoms with Crippen molar-refractivity contribution in [3.8, 4) is 11.5 Å². The van der Waals surface area contributed by atoms with E-state index in [0.29, 0.717) is 23.6 Å². The Morgan fingerprint density at radius 1 is 1.18 bits per heavy atom. The van der Waals surface area contributed by atoms with E-state index in [0.717, 1.165) is 0 Å². The van der Waals surface area contributed by atoms with Crippen LogP contribution in [0.25, 0.3) is 0 Å². The van der Waals surface area contributed by atoms with Crippen molar-refractivity contribution in [3.05, 3.63) is 23.8 Å². The first-order chi connectivity index (χ1) is 10.5. The number of benzene rings is 1. The maximum Gasteiger partial charge on any atom is 0.329 e. The molecule has 0 saturated carbocycles. The fourth-order valence-electron chi connectivity index (χ4n) is 1.53. The Bertz CT molecular complexity index is 556. The van der Waals surface area contributed by atoms with E-state index in [9.17, 15) is 9.59 Å². The third-order valence-electron chi connectivity index (χ3n) is 2.66. The van der Waals surface area contributed by atoms with Gasteiger partial charge in [-0.2, -0.15) is 5.10 Å². The van der Waals surface area contributed by atoms with Gasteiger partial charge in [0.05, 0.1) is 20.4 Å². The van der Waals surface area contributed by atoms with Gasteiger partial charge in [0.25, 0.3) is 0 Å². The average molecular weight is 307 g/mol. The summed E-state index contributed by atoms with van der Waals surface area (Å²) in [6.07, 6.45) is 1.41. The van der Waals surface area contributed by atoms with Crippen LogP contribution in [0.5, 0.6) is 11.5 Å². The van der Waals surface area contributed by atoms with E-state index in [1.165, 1.54) is 13.3 Å². The first-order valence-corrected chi connectivity index (χ1v) is 6.81. The van der Waals surface area contributed by atoms with Gasteiger partial charge in [-0.3, -0.25) is 9.59 Å². The lowest BCUT2D eigenvalue weighted by atomic mass is 10.2. The van der Waals surface area contributed by atoms with Crippen LogP contribution in [0, 0.1) is 5.92 Å². The first-order valence-electron chi connectivity index (χ1n) is 6.81. The maximum atomic E-state index is 11.5. The predicted octanol–water partition coefficient (Wildman–Crippen LogP) is 0.926. The minimum atomic E-state index is -0.808. The van der Waals surface area contributed by atoms with Gasteiger partial charge in [0.2, 0.25) is 0 Å². The monoisotopic (exact) mass is 307 g/mol. The lowest BCUT2D eigenvalue weighted by molar-refractivity contribution is -0.139. The van der Waals surface area contributed by atoms with E-state index < -0.39 is 11.8 Å². The number of ether oxygens (including phenoxy) is 2. The van der Waals surface area contributed by atoms with Gasteiger partial charge in [0.1, 0.15) is 0 Å². The number of hydrazone groups is 1. The van der Waals surface area contributed by atoms with Crippen LogP contribution in [0.2, 0.25) is 0 Å². The molecule has 22 heavy (non-hydrogen) atoms. The summed E-state index contributed by atoms with van der Waals surface area (Å²) in [5, 5.41) is 6.24. The number of nitrogens with one attached hydrogen (secondary N) is 2. The van der Waals surface area contributed by atoms with E-state index >= 15 is 0 Å². The molecule has 0 bridgehead atoms. The number of methoxy groups -OCH3 is 2. The van der Waals surface area contributed by atoms with E-state index in [1.54, 1.807) is 25.3 Å². The molecule has 7 heteroatoms. The number of amides is 2. The van der Waals surface area contributed by atoms with Crippen LogP contribution >= 0.6 is 0 Å². The summed E-state index contributed by atoms with van der Waals surface area (Å²) in [5.74, 6) is -0.105. The highest BCUT2D eigenvalue weighted by Gasteiger charge is 2.12. The number of nitrogens with zero attached hydrogens (tertiary/aromatic N) is 1. The van der Waals surface area contributed by atoms with Crippen molar-refractivity contribution in [1.29, 1.82) is 0 Å². The quantitative estimate of drug-likeness (QED) is 0.465. The molecule has 1 rings (SSSR count). The molecule has 0 spiro atoms. The van der Waals surface area contributed by atoms with Gasteiger partial charge < -0.3 is 14.8 Å². The lowest BCUT2D eigenvalue weighted by Crippen LogP contribution is -2.39. The van der Waals surface area contributed by atoms with Gasteiger partial charge in [-0.1, -0.05) is 13.8 Å². The summed E-state index contributed by atoms with van der Waals surface area (Å²) in [5.41, 5.74) is 2.86. The SMILES string of the molecule is COc1ccc(/C=N\NC(=O)C(=O)NCC(C)C)cc1OC. The highest BCUT2D eigenvalue weighted by atomic mass is 16.5. The summed E-state index contributed by atoms with van der Waals surface area (Å²) in [7, 11) is 3.07. The number of carbonyl (C=O) groups excluding carboxylic acids is 2. The molecule has 0 aliphatic heterocycles. The van der Waals surface area contributed by atoms with Crippen molar-refractivity contribution in [1.82, 2.24) is 10.7 Å². The largest absolute Gasteiger partial charge is 0.493 e. The standard InChI is InChI=1S/C15H21N3O4/c1-10(2)8-16-14(19)15(20)18-17-9-11-5-6-12(21-3)13(7-11)22-4/h5-7,9-10H,8H2,1-4H3,(H,16,19)(H,18,20)/b17-9-. The van der Waals surface area contributed by atoms with Crippen molar-refractivity contribution >= 4 is 18.0 Å². The Hall–Kier alpha value is -2.57. The molecule has 1 aromatic rings. The van der Waals surface area contributed by atoms with Crippen molar-refractivity contribution < 1.29 is 19.1 Å². The van der Waals surface area contributed by atoms with Crippen LogP contribution in [-0.4, -0.2) is 38.8 Å². The molecular weight excluding hydrogens is 286 g/mol. The van der Waals surface area contributed by atoms with Gasteiger partial charge in [-0.25, -0.2) is 5.43 Å². The molecule has 0 saturated heterocycles. The summed E-state index contributed by atoms with van der Waals surface area (Å²) >= 11 is 0. The molecule has 0 aromatic heterocycles. The van der Waals surface area contributed by atoms with Crippen LogP contribution in [0.3, 0.4) is 0 Å². The van der Waals surface area contributed by atoms with E-state index in [4.69, 9.17) is 9.47 Å². The Morgan fingerprint density at radius 2 is 1.86 bits per heavy atom. The predicted molar refractivity (Wildman–Crippen MR) is 83.1 cm³/mol. The lowest BCUT2D eigenvalue weighted by Gasteiger charge is -2.07. The summed E-state index contributed by atoms with van der Waals surface area (Å²) < 4.78 is 10.3. The van der Waals surface area contributed by atoms with Crippen molar-refractivity contribution in [2.45, 2.75) is 13.8 Å². The molecule has 0 unspecified atom stereocenters. The topological polar surface area (TPSA) is 89.0 Å². The zero-order valence-electron chi connectivity index (χ0n) is 13.2. The zero-order chi connectivity index (χ0) is 16.5. The summed E-state index contributed by atoms with van der Waals surface area (Å²) in [6.45, 7) is 4.31. The highest BCUT2D eigenvalue weighted by Crippen LogP contribution is 2.26. The minimum absolute atomic E-state index is 0.270. The maximum absolute atomic E-state index is 11.5. The molecule has 1 aromatic carbocycles. The van der Waals surface area contributed by atoms with E-state index in [1.807, 2.05) is 13.8 Å². The number of rotatable bonds is 6. The van der Waals surface area contributed by atoms with Crippen LogP contribution < -0.4 is 20.2 Å². The van der Waals surface area contributed by atoms with Gasteiger partial charge in [-0.15, -0.1) is 0 Å². The molecule has 2 N–H and O–H groups in total. The van der Waals surface area contributed by atoms with Gasteiger partial charge in [0, 0.05) is 6.54 Å². The van der Waals surface area contributed by atoms with Crippen molar-refractivity contribution in [2.75, 3.05) is 20.8 Å². The highest BCUT2D eigenvalue weighted by molar-refractivity contribution is 6.35. The minimum Gasteiger partial charge on any atom is -0.493 e. The molecule has 2 amide bonds. The Kier molecular flexibility index (Phi) is 6.88. The average Bonchev–Trinajstić information content (AvgIpc) is 2.52. The second-order valence-electron chi connectivity index (χ2n) is 4.92. The number of carbonyl (C=O) groups is 2.